The Labute approximate surface area is 173 Å². The number of nitro benzene ring substituents is 1. The minimum absolute atomic E-state index is 0.0596. The molecule has 1 amide bonds. The van der Waals surface area contributed by atoms with Crippen molar-refractivity contribution in [2.24, 2.45) is 0 Å². The first-order valence-corrected chi connectivity index (χ1v) is 11.2. The lowest BCUT2D eigenvalue weighted by Gasteiger charge is -2.34. The Hall–Kier alpha value is -3.12. The minimum atomic E-state index is -3.69. The molecular formula is C18H22N6O5S. The van der Waals surface area contributed by atoms with Crippen molar-refractivity contribution in [1.29, 1.82) is 0 Å². The van der Waals surface area contributed by atoms with Gasteiger partial charge in [-0.1, -0.05) is 0 Å². The third-order valence-corrected chi connectivity index (χ3v) is 5.81. The number of nitrogens with one attached hydrogen (secondary N) is 1. The van der Waals surface area contributed by atoms with Crippen LogP contribution in [0.1, 0.15) is 10.4 Å². The fourth-order valence-electron chi connectivity index (χ4n) is 3.09. The van der Waals surface area contributed by atoms with Gasteiger partial charge in [0, 0.05) is 75.6 Å². The number of piperazine rings is 1. The number of benzene rings is 1. The highest BCUT2D eigenvalue weighted by Gasteiger charge is 2.20. The van der Waals surface area contributed by atoms with Crippen LogP contribution in [-0.2, 0) is 9.84 Å². The molecule has 1 aromatic heterocycles. The van der Waals surface area contributed by atoms with E-state index in [0.29, 0.717) is 19.0 Å². The second-order valence-electron chi connectivity index (χ2n) is 6.88. The number of amides is 1. The second kappa shape index (κ2) is 9.13. The van der Waals surface area contributed by atoms with E-state index in [1.54, 1.807) is 18.5 Å². The monoisotopic (exact) mass is 434 g/mol. The first-order valence-electron chi connectivity index (χ1n) is 9.26. The zero-order valence-electron chi connectivity index (χ0n) is 16.4. The van der Waals surface area contributed by atoms with Crippen LogP contribution in [0, 0.1) is 10.1 Å². The molecule has 0 atom stereocenters. The van der Waals surface area contributed by atoms with Gasteiger partial charge >= 0.3 is 0 Å². The van der Waals surface area contributed by atoms with E-state index < -0.39 is 26.4 Å². The van der Waals surface area contributed by atoms with Crippen LogP contribution < -0.4 is 10.2 Å². The van der Waals surface area contributed by atoms with E-state index in [2.05, 4.69) is 25.1 Å². The summed E-state index contributed by atoms with van der Waals surface area (Å²) in [5.41, 5.74) is -0.502. The average Bonchev–Trinajstić information content (AvgIpc) is 2.74. The molecule has 30 heavy (non-hydrogen) atoms. The lowest BCUT2D eigenvalue weighted by atomic mass is 10.2. The van der Waals surface area contributed by atoms with E-state index in [9.17, 15) is 23.3 Å². The fraction of sp³-hybridized carbons (Fsp3) is 0.389. The van der Waals surface area contributed by atoms with Crippen molar-refractivity contribution in [3.8, 4) is 0 Å². The van der Waals surface area contributed by atoms with Gasteiger partial charge in [-0.2, -0.15) is 0 Å². The Kier molecular flexibility index (Phi) is 6.57. The average molecular weight is 434 g/mol. The highest BCUT2D eigenvalue weighted by atomic mass is 32.2. The molecule has 1 aromatic carbocycles. The SMILES string of the molecule is CS(=O)(=O)c1cc(C(=O)NCCN2CCN(c3ncccn3)CC2)cc([N+](=O)[O-])c1. The van der Waals surface area contributed by atoms with Gasteiger partial charge in [-0.25, -0.2) is 18.4 Å². The zero-order chi connectivity index (χ0) is 21.7. The maximum atomic E-state index is 12.4. The van der Waals surface area contributed by atoms with E-state index in [4.69, 9.17) is 0 Å². The number of rotatable bonds is 7. The molecule has 0 unspecified atom stereocenters. The third-order valence-electron chi connectivity index (χ3n) is 4.71. The van der Waals surface area contributed by atoms with Gasteiger partial charge in [0.15, 0.2) is 9.84 Å². The molecule has 0 radical (unpaired) electrons. The Morgan fingerprint density at radius 1 is 1.17 bits per heavy atom. The summed E-state index contributed by atoms with van der Waals surface area (Å²) in [5, 5.41) is 13.8. The van der Waals surface area contributed by atoms with E-state index in [1.807, 2.05) is 0 Å². The van der Waals surface area contributed by atoms with Gasteiger partial charge in [0.1, 0.15) is 0 Å². The lowest BCUT2D eigenvalue weighted by molar-refractivity contribution is -0.385. The quantitative estimate of drug-likeness (QED) is 0.483. The van der Waals surface area contributed by atoms with E-state index in [-0.39, 0.29) is 10.5 Å². The number of nitrogens with zero attached hydrogens (tertiary/aromatic N) is 5. The molecule has 1 fully saturated rings. The number of carbonyl (C=O) groups is 1. The molecule has 2 heterocycles. The number of hydrogen-bond acceptors (Lipinski definition) is 9. The Bertz CT molecular complexity index is 1020. The van der Waals surface area contributed by atoms with Crippen LogP contribution in [0.25, 0.3) is 0 Å². The van der Waals surface area contributed by atoms with Crippen molar-refractivity contribution >= 4 is 27.4 Å². The molecule has 1 N–H and O–H groups in total. The largest absolute Gasteiger partial charge is 0.351 e. The van der Waals surface area contributed by atoms with Gasteiger partial charge in [0.2, 0.25) is 5.95 Å². The fourth-order valence-corrected chi connectivity index (χ4v) is 3.77. The molecule has 0 saturated carbocycles. The molecule has 12 heteroatoms. The van der Waals surface area contributed by atoms with E-state index in [0.717, 1.165) is 50.6 Å². The number of non-ortho nitro benzene ring substituents is 1. The smallest absolute Gasteiger partial charge is 0.271 e. The molecule has 160 valence electrons. The van der Waals surface area contributed by atoms with Gasteiger partial charge < -0.3 is 10.2 Å². The van der Waals surface area contributed by atoms with Gasteiger partial charge in [-0.3, -0.25) is 19.8 Å². The summed E-state index contributed by atoms with van der Waals surface area (Å²) in [5.74, 6) is 0.137. The zero-order valence-corrected chi connectivity index (χ0v) is 17.2. The minimum Gasteiger partial charge on any atom is -0.351 e. The maximum Gasteiger partial charge on any atom is 0.271 e. The molecular weight excluding hydrogens is 412 g/mol. The summed E-state index contributed by atoms with van der Waals surface area (Å²) in [4.78, 5) is 35.2. The maximum absolute atomic E-state index is 12.4. The van der Waals surface area contributed by atoms with Crippen molar-refractivity contribution < 1.29 is 18.1 Å². The Morgan fingerprint density at radius 2 is 1.83 bits per heavy atom. The van der Waals surface area contributed by atoms with Crippen LogP contribution in [0.4, 0.5) is 11.6 Å². The summed E-state index contributed by atoms with van der Waals surface area (Å²) in [6.45, 7) is 4.02. The number of nitro groups is 1. The van der Waals surface area contributed by atoms with Crippen molar-refractivity contribution in [3.63, 3.8) is 0 Å². The van der Waals surface area contributed by atoms with Gasteiger partial charge in [-0.15, -0.1) is 0 Å². The molecule has 2 aromatic rings. The molecule has 0 spiro atoms. The number of hydrogen-bond donors (Lipinski definition) is 1. The number of carbonyl (C=O) groups excluding carboxylic acids is 1. The topological polar surface area (TPSA) is 139 Å². The number of sulfone groups is 1. The summed E-state index contributed by atoms with van der Waals surface area (Å²) >= 11 is 0. The highest BCUT2D eigenvalue weighted by molar-refractivity contribution is 7.90. The highest BCUT2D eigenvalue weighted by Crippen LogP contribution is 2.21. The Morgan fingerprint density at radius 3 is 2.43 bits per heavy atom. The van der Waals surface area contributed by atoms with Gasteiger partial charge in [-0.05, 0) is 12.1 Å². The summed E-state index contributed by atoms with van der Waals surface area (Å²) < 4.78 is 23.5. The van der Waals surface area contributed by atoms with Crippen molar-refractivity contribution in [1.82, 2.24) is 20.2 Å². The molecule has 1 aliphatic heterocycles. The molecule has 0 bridgehead atoms. The summed E-state index contributed by atoms with van der Waals surface area (Å²) in [6, 6.07) is 4.93. The molecule has 3 rings (SSSR count). The van der Waals surface area contributed by atoms with Crippen molar-refractivity contribution in [3.05, 3.63) is 52.3 Å². The lowest BCUT2D eigenvalue weighted by Crippen LogP contribution is -2.49. The first kappa shape index (κ1) is 21.6. The van der Waals surface area contributed by atoms with Crippen LogP contribution in [0.3, 0.4) is 0 Å². The summed E-state index contributed by atoms with van der Waals surface area (Å²) in [6.07, 6.45) is 4.34. The molecule has 1 saturated heterocycles. The molecule has 0 aliphatic carbocycles. The predicted octanol–water partition coefficient (Wildman–Crippen LogP) is 0.340. The van der Waals surface area contributed by atoms with Crippen LogP contribution in [-0.4, -0.2) is 79.6 Å². The Balaban J connectivity index is 1.54. The van der Waals surface area contributed by atoms with Gasteiger partial charge in [0.05, 0.1) is 9.82 Å². The normalized spacial score (nSPS) is 15.0. The van der Waals surface area contributed by atoms with Crippen molar-refractivity contribution in [2.75, 3.05) is 50.4 Å². The van der Waals surface area contributed by atoms with Crippen LogP contribution in [0.15, 0.2) is 41.6 Å². The van der Waals surface area contributed by atoms with Gasteiger partial charge in [0.25, 0.3) is 11.6 Å². The van der Waals surface area contributed by atoms with Crippen molar-refractivity contribution in [2.45, 2.75) is 4.90 Å². The molecule has 1 aliphatic rings. The van der Waals surface area contributed by atoms with Crippen LogP contribution in [0.2, 0.25) is 0 Å². The van der Waals surface area contributed by atoms with E-state index >= 15 is 0 Å². The third kappa shape index (κ3) is 5.48. The van der Waals surface area contributed by atoms with E-state index in [1.165, 1.54) is 0 Å². The van der Waals surface area contributed by atoms with Crippen LogP contribution in [0.5, 0.6) is 0 Å². The standard InChI is InChI=1S/C18H22N6O5S/c1-30(28,29)16-12-14(11-15(13-16)24(26)27)17(25)19-5-6-22-7-9-23(10-8-22)18-20-3-2-4-21-18/h2-4,11-13H,5-10H2,1H3,(H,19,25). The van der Waals surface area contributed by atoms with Crippen LogP contribution >= 0.6 is 0 Å². The first-order chi connectivity index (χ1) is 14.2. The molecule has 11 nitrogen and oxygen atoms in total. The predicted molar refractivity (Wildman–Crippen MR) is 109 cm³/mol. The number of aromatic nitrogens is 2. The summed E-state index contributed by atoms with van der Waals surface area (Å²) in [7, 11) is -3.69. The second-order valence-corrected chi connectivity index (χ2v) is 8.89. The number of anilines is 1.